The lowest BCUT2D eigenvalue weighted by Crippen LogP contribution is -2.42. The Bertz CT molecular complexity index is 726. The molecule has 134 valence electrons. The third kappa shape index (κ3) is 4.25. The molecule has 1 N–H and O–H groups in total. The van der Waals surface area contributed by atoms with Crippen molar-refractivity contribution < 1.29 is 4.79 Å². The summed E-state index contributed by atoms with van der Waals surface area (Å²) in [5.41, 5.74) is 2.41. The second-order valence-corrected chi connectivity index (χ2v) is 6.94. The fraction of sp³-hybridized carbons (Fsp3) is 0.526. The lowest BCUT2D eigenvalue weighted by atomic mass is 10.0. The van der Waals surface area contributed by atoms with Crippen molar-refractivity contribution in [3.05, 3.63) is 47.0 Å². The van der Waals surface area contributed by atoms with Crippen LogP contribution < -0.4 is 0 Å². The highest BCUT2D eigenvalue weighted by atomic mass is 16.2. The highest BCUT2D eigenvalue weighted by molar-refractivity contribution is 5.78. The number of nitrogens with zero attached hydrogens (tertiary/aromatic N) is 4. The lowest BCUT2D eigenvalue weighted by molar-refractivity contribution is -0.132. The van der Waals surface area contributed by atoms with Crippen molar-refractivity contribution in [2.24, 2.45) is 0 Å². The monoisotopic (exact) mass is 341 g/mol. The van der Waals surface area contributed by atoms with Gasteiger partial charge in [-0.1, -0.05) is 30.7 Å². The van der Waals surface area contributed by atoms with Crippen LogP contribution >= 0.6 is 0 Å². The Kier molecular flexibility index (Phi) is 5.48. The number of amides is 1. The molecule has 2 aromatic rings. The second kappa shape index (κ2) is 7.78. The van der Waals surface area contributed by atoms with Gasteiger partial charge in [-0.05, 0) is 44.4 Å². The summed E-state index contributed by atoms with van der Waals surface area (Å²) < 4.78 is 0. The van der Waals surface area contributed by atoms with Crippen LogP contribution in [0.5, 0.6) is 0 Å². The number of rotatable bonds is 5. The van der Waals surface area contributed by atoms with Crippen molar-refractivity contribution in [1.29, 1.82) is 0 Å². The van der Waals surface area contributed by atoms with Gasteiger partial charge in [0, 0.05) is 13.6 Å². The van der Waals surface area contributed by atoms with Gasteiger partial charge in [-0.3, -0.25) is 14.8 Å². The minimum absolute atomic E-state index is 0.134. The molecule has 0 unspecified atom stereocenters. The first kappa shape index (κ1) is 17.6. The first-order valence-electron chi connectivity index (χ1n) is 8.96. The fourth-order valence-electron chi connectivity index (χ4n) is 3.41. The van der Waals surface area contributed by atoms with Crippen molar-refractivity contribution in [1.82, 2.24) is 25.0 Å². The van der Waals surface area contributed by atoms with Gasteiger partial charge in [0.2, 0.25) is 5.91 Å². The molecule has 1 aromatic heterocycles. The summed E-state index contributed by atoms with van der Waals surface area (Å²) in [5.74, 6) is 1.78. The normalized spacial score (nSPS) is 18.3. The zero-order chi connectivity index (χ0) is 17.8. The second-order valence-electron chi connectivity index (χ2n) is 6.94. The first-order valence-corrected chi connectivity index (χ1v) is 8.96. The third-order valence-electron chi connectivity index (χ3n) is 4.96. The summed E-state index contributed by atoms with van der Waals surface area (Å²) in [6.07, 6.45) is 3.28. The largest absolute Gasteiger partial charge is 0.340 e. The first-order chi connectivity index (χ1) is 12.0. The van der Waals surface area contributed by atoms with E-state index in [4.69, 9.17) is 0 Å². The van der Waals surface area contributed by atoms with Crippen LogP contribution in [0.25, 0.3) is 0 Å². The Morgan fingerprint density at radius 3 is 2.84 bits per heavy atom. The maximum atomic E-state index is 12.7. The summed E-state index contributed by atoms with van der Waals surface area (Å²) >= 11 is 0. The Labute approximate surface area is 149 Å². The molecule has 1 aliphatic rings. The van der Waals surface area contributed by atoms with Gasteiger partial charge < -0.3 is 4.90 Å². The van der Waals surface area contributed by atoms with Crippen molar-refractivity contribution in [3.63, 3.8) is 0 Å². The molecule has 0 aliphatic carbocycles. The molecular formula is C19H27N5O. The molecule has 2 heterocycles. The number of aromatic nitrogens is 3. The molecule has 0 saturated carbocycles. The van der Waals surface area contributed by atoms with E-state index >= 15 is 0 Å². The number of likely N-dealkylation sites (N-methyl/N-ethyl adjacent to an activating group) is 1. The van der Waals surface area contributed by atoms with Crippen LogP contribution in [0, 0.1) is 13.8 Å². The predicted octanol–water partition coefficient (Wildman–Crippen LogP) is 2.61. The zero-order valence-electron chi connectivity index (χ0n) is 15.3. The summed E-state index contributed by atoms with van der Waals surface area (Å²) in [4.78, 5) is 21.3. The van der Waals surface area contributed by atoms with Crippen molar-refractivity contribution in [2.45, 2.75) is 45.7 Å². The molecule has 1 aliphatic heterocycles. The Morgan fingerprint density at radius 2 is 2.12 bits per heavy atom. The number of carbonyl (C=O) groups is 1. The molecule has 0 spiro atoms. The number of hydrogen-bond acceptors (Lipinski definition) is 4. The fourth-order valence-corrected chi connectivity index (χ4v) is 3.41. The summed E-state index contributed by atoms with van der Waals surface area (Å²) in [5, 5.41) is 7.24. The number of aryl methyl sites for hydroxylation is 2. The minimum atomic E-state index is 0.134. The summed E-state index contributed by atoms with van der Waals surface area (Å²) in [6.45, 7) is 5.97. The van der Waals surface area contributed by atoms with Crippen LogP contribution in [0.3, 0.4) is 0 Å². The van der Waals surface area contributed by atoms with Gasteiger partial charge in [-0.25, -0.2) is 4.98 Å². The topological polar surface area (TPSA) is 65.1 Å². The molecule has 0 radical (unpaired) electrons. The van der Waals surface area contributed by atoms with E-state index < -0.39 is 0 Å². The van der Waals surface area contributed by atoms with E-state index in [0.717, 1.165) is 37.5 Å². The lowest BCUT2D eigenvalue weighted by Gasteiger charge is -2.34. The van der Waals surface area contributed by atoms with E-state index in [9.17, 15) is 4.79 Å². The van der Waals surface area contributed by atoms with E-state index in [-0.39, 0.29) is 11.9 Å². The van der Waals surface area contributed by atoms with Crippen LogP contribution in [0.1, 0.15) is 48.1 Å². The molecule has 1 amide bonds. The molecule has 6 heteroatoms. The van der Waals surface area contributed by atoms with Crippen LogP contribution in [-0.4, -0.2) is 51.0 Å². The van der Waals surface area contributed by atoms with E-state index in [1.165, 1.54) is 11.1 Å². The number of piperidine rings is 1. The Hall–Kier alpha value is -2.21. The number of nitrogens with one attached hydrogen (secondary N) is 1. The average molecular weight is 341 g/mol. The van der Waals surface area contributed by atoms with Crippen molar-refractivity contribution in [3.8, 4) is 0 Å². The zero-order valence-corrected chi connectivity index (χ0v) is 15.3. The predicted molar refractivity (Wildman–Crippen MR) is 96.9 cm³/mol. The van der Waals surface area contributed by atoms with Crippen LogP contribution in [-0.2, 0) is 11.3 Å². The van der Waals surface area contributed by atoms with E-state index in [0.29, 0.717) is 13.1 Å². The van der Waals surface area contributed by atoms with Gasteiger partial charge in [-0.15, -0.1) is 0 Å². The number of hydrogen-bond donors (Lipinski definition) is 1. The maximum absolute atomic E-state index is 12.7. The van der Waals surface area contributed by atoms with Crippen LogP contribution in [0.4, 0.5) is 0 Å². The van der Waals surface area contributed by atoms with Crippen LogP contribution in [0.15, 0.2) is 24.3 Å². The number of carbonyl (C=O) groups excluding carboxylic acids is 1. The highest BCUT2D eigenvalue weighted by Gasteiger charge is 2.29. The van der Waals surface area contributed by atoms with Gasteiger partial charge >= 0.3 is 0 Å². The smallest absolute Gasteiger partial charge is 0.236 e. The van der Waals surface area contributed by atoms with Gasteiger partial charge in [0.1, 0.15) is 5.82 Å². The van der Waals surface area contributed by atoms with E-state index in [2.05, 4.69) is 39.1 Å². The maximum Gasteiger partial charge on any atom is 0.236 e. The number of likely N-dealkylation sites (tertiary alicyclic amines) is 1. The van der Waals surface area contributed by atoms with Crippen molar-refractivity contribution in [2.75, 3.05) is 20.1 Å². The van der Waals surface area contributed by atoms with E-state index in [1.54, 1.807) is 0 Å². The number of aromatic amines is 1. The molecule has 1 aromatic carbocycles. The van der Waals surface area contributed by atoms with Gasteiger partial charge in [0.05, 0.1) is 12.6 Å². The SMILES string of the molecule is Cc1nc([C@@H]2CCCCN2CC(=O)N(C)Cc2ccccc2C)n[nH]1. The van der Waals surface area contributed by atoms with Crippen molar-refractivity contribution >= 4 is 5.91 Å². The standard InChI is InChI=1S/C19H27N5O/c1-14-8-4-5-9-16(14)12-23(3)18(25)13-24-11-7-6-10-17(24)19-20-15(2)21-22-19/h4-5,8-9,17H,6-7,10-13H2,1-3H3,(H,20,21,22)/t17-/m0/s1. The molecule has 0 bridgehead atoms. The van der Waals surface area contributed by atoms with Gasteiger partial charge in [0.25, 0.3) is 0 Å². The third-order valence-corrected chi connectivity index (χ3v) is 4.96. The molecular weight excluding hydrogens is 314 g/mol. The molecule has 1 fully saturated rings. The highest BCUT2D eigenvalue weighted by Crippen LogP contribution is 2.28. The molecule has 6 nitrogen and oxygen atoms in total. The Balaban J connectivity index is 1.64. The summed E-state index contributed by atoms with van der Waals surface area (Å²) in [6, 6.07) is 8.35. The van der Waals surface area contributed by atoms with Gasteiger partial charge in [0.15, 0.2) is 5.82 Å². The molecule has 1 saturated heterocycles. The average Bonchev–Trinajstić information content (AvgIpc) is 3.03. The summed E-state index contributed by atoms with van der Waals surface area (Å²) in [7, 11) is 1.88. The Morgan fingerprint density at radius 1 is 1.32 bits per heavy atom. The molecule has 25 heavy (non-hydrogen) atoms. The quantitative estimate of drug-likeness (QED) is 0.908. The minimum Gasteiger partial charge on any atom is -0.340 e. The van der Waals surface area contributed by atoms with Crippen LogP contribution in [0.2, 0.25) is 0 Å². The van der Waals surface area contributed by atoms with E-state index in [1.807, 2.05) is 31.0 Å². The van der Waals surface area contributed by atoms with Gasteiger partial charge in [-0.2, -0.15) is 5.10 Å². The molecule has 1 atom stereocenters. The number of benzene rings is 1. The number of H-pyrrole nitrogens is 1. The molecule has 3 rings (SSSR count).